The molecule has 3 aromatic carbocycles. The molecule has 0 N–H and O–H groups in total. The first kappa shape index (κ1) is 21.9. The Hall–Kier alpha value is -3.93. The van der Waals surface area contributed by atoms with Crippen LogP contribution in [-0.4, -0.2) is 34.2 Å². The predicted molar refractivity (Wildman–Crippen MR) is 127 cm³/mol. The van der Waals surface area contributed by atoms with Crippen LogP contribution in [0.15, 0.2) is 89.5 Å². The Bertz CT molecular complexity index is 1290. The van der Waals surface area contributed by atoms with Crippen LogP contribution in [0.3, 0.4) is 0 Å². The van der Waals surface area contributed by atoms with Gasteiger partial charge in [0.25, 0.3) is 5.91 Å². The summed E-state index contributed by atoms with van der Waals surface area (Å²) >= 11 is 0. The van der Waals surface area contributed by atoms with E-state index in [9.17, 15) is 14.0 Å². The van der Waals surface area contributed by atoms with E-state index in [-0.39, 0.29) is 36.8 Å². The zero-order chi connectivity index (χ0) is 23.5. The van der Waals surface area contributed by atoms with E-state index < -0.39 is 0 Å². The third-order valence-electron chi connectivity index (χ3n) is 6.14. The Morgan fingerprint density at radius 2 is 1.65 bits per heavy atom. The van der Waals surface area contributed by atoms with Gasteiger partial charge in [-0.05, 0) is 59.5 Å². The van der Waals surface area contributed by atoms with Crippen molar-refractivity contribution in [3.8, 4) is 0 Å². The first-order valence-electron chi connectivity index (χ1n) is 11.4. The van der Waals surface area contributed by atoms with Gasteiger partial charge in [-0.1, -0.05) is 48.5 Å². The molecule has 5 rings (SSSR count). The van der Waals surface area contributed by atoms with Crippen molar-refractivity contribution in [3.63, 3.8) is 0 Å². The van der Waals surface area contributed by atoms with Gasteiger partial charge in [0.15, 0.2) is 0 Å². The molecule has 0 saturated heterocycles. The topological polar surface area (TPSA) is 53.8 Å². The highest BCUT2D eigenvalue weighted by Gasteiger charge is 2.35. The molecule has 0 unspecified atom stereocenters. The third kappa shape index (κ3) is 4.86. The molecule has 34 heavy (non-hydrogen) atoms. The van der Waals surface area contributed by atoms with Gasteiger partial charge in [-0.2, -0.15) is 0 Å². The van der Waals surface area contributed by atoms with Gasteiger partial charge in [0.05, 0.1) is 12.8 Å². The van der Waals surface area contributed by atoms with Crippen molar-refractivity contribution in [2.24, 2.45) is 0 Å². The van der Waals surface area contributed by atoms with E-state index in [0.717, 1.165) is 29.2 Å². The summed E-state index contributed by atoms with van der Waals surface area (Å²) in [6, 6.07) is 23.2. The van der Waals surface area contributed by atoms with Crippen LogP contribution >= 0.6 is 0 Å². The van der Waals surface area contributed by atoms with Crippen molar-refractivity contribution in [3.05, 3.63) is 108 Å². The fourth-order valence-electron chi connectivity index (χ4n) is 4.20. The molecule has 1 aromatic heterocycles. The average Bonchev–Trinajstić information content (AvgIpc) is 3.57. The van der Waals surface area contributed by atoms with Crippen LogP contribution in [0.4, 0.5) is 4.39 Å². The van der Waals surface area contributed by atoms with E-state index in [1.54, 1.807) is 34.3 Å². The maximum Gasteiger partial charge on any atom is 0.255 e. The number of benzene rings is 3. The smallest absolute Gasteiger partial charge is 0.255 e. The summed E-state index contributed by atoms with van der Waals surface area (Å²) in [7, 11) is 0. The lowest BCUT2D eigenvalue weighted by atomic mass is 10.0. The lowest BCUT2D eigenvalue weighted by Gasteiger charge is -2.28. The van der Waals surface area contributed by atoms with Gasteiger partial charge in [0, 0.05) is 18.2 Å². The third-order valence-corrected chi connectivity index (χ3v) is 6.14. The van der Waals surface area contributed by atoms with Crippen molar-refractivity contribution in [2.45, 2.75) is 32.0 Å². The van der Waals surface area contributed by atoms with Crippen LogP contribution in [0, 0.1) is 5.82 Å². The standard InChI is InChI=1S/C28H25FN2O3/c29-22-12-10-20(11-13-22)17-30(18-24-7-4-16-34-24)27(32)19-31(23-14-15-23)28(33)26-9-3-6-21-5-1-2-8-25(21)26/h1-13,16,23H,14-15,17-19H2. The maximum absolute atomic E-state index is 13.6. The number of hydrogen-bond donors (Lipinski definition) is 0. The van der Waals surface area contributed by atoms with Crippen LogP contribution in [0.5, 0.6) is 0 Å². The fraction of sp³-hybridized carbons (Fsp3) is 0.214. The Kier molecular flexibility index (Phi) is 6.12. The van der Waals surface area contributed by atoms with E-state index in [1.807, 2.05) is 48.5 Å². The van der Waals surface area contributed by atoms with Crippen LogP contribution in [0.25, 0.3) is 10.8 Å². The van der Waals surface area contributed by atoms with Gasteiger partial charge in [0.2, 0.25) is 5.91 Å². The molecule has 0 atom stereocenters. The predicted octanol–water partition coefficient (Wildman–Crippen LogP) is 5.41. The summed E-state index contributed by atoms with van der Waals surface area (Å²) in [5, 5.41) is 1.87. The van der Waals surface area contributed by atoms with Gasteiger partial charge < -0.3 is 14.2 Å². The molecule has 0 aliphatic heterocycles. The number of halogens is 1. The summed E-state index contributed by atoms with van der Waals surface area (Å²) in [6.45, 7) is 0.541. The molecule has 0 bridgehead atoms. The largest absolute Gasteiger partial charge is 0.467 e. The van der Waals surface area contributed by atoms with Crippen LogP contribution in [0.1, 0.15) is 34.5 Å². The van der Waals surface area contributed by atoms with Gasteiger partial charge in [-0.3, -0.25) is 9.59 Å². The molecule has 5 nitrogen and oxygen atoms in total. The minimum absolute atomic E-state index is 0.0192. The van der Waals surface area contributed by atoms with Crippen molar-refractivity contribution in [1.29, 1.82) is 0 Å². The SMILES string of the molecule is O=C(CN(C(=O)c1cccc2ccccc12)C1CC1)N(Cc1ccc(F)cc1)Cc1ccco1. The Balaban J connectivity index is 1.39. The highest BCUT2D eigenvalue weighted by atomic mass is 19.1. The molecule has 6 heteroatoms. The molecule has 172 valence electrons. The summed E-state index contributed by atoms with van der Waals surface area (Å²) in [4.78, 5) is 30.5. The number of amides is 2. The van der Waals surface area contributed by atoms with Crippen LogP contribution < -0.4 is 0 Å². The van der Waals surface area contributed by atoms with E-state index in [1.165, 1.54) is 12.1 Å². The van der Waals surface area contributed by atoms with Crippen LogP contribution in [0.2, 0.25) is 0 Å². The maximum atomic E-state index is 13.6. The van der Waals surface area contributed by atoms with Crippen molar-refractivity contribution < 1.29 is 18.4 Å². The number of carbonyl (C=O) groups excluding carboxylic acids is 2. The van der Waals surface area contributed by atoms with Crippen molar-refractivity contribution in [1.82, 2.24) is 9.80 Å². The quantitative estimate of drug-likeness (QED) is 0.356. The second-order valence-electron chi connectivity index (χ2n) is 8.65. The molecule has 1 saturated carbocycles. The number of carbonyl (C=O) groups is 2. The monoisotopic (exact) mass is 456 g/mol. The molecular weight excluding hydrogens is 431 g/mol. The first-order valence-corrected chi connectivity index (χ1v) is 11.4. The Morgan fingerprint density at radius 1 is 0.882 bits per heavy atom. The number of nitrogens with zero attached hydrogens (tertiary/aromatic N) is 2. The summed E-state index contributed by atoms with van der Waals surface area (Å²) in [6.07, 6.45) is 3.34. The van der Waals surface area contributed by atoms with E-state index in [0.29, 0.717) is 17.9 Å². The molecule has 4 aromatic rings. The summed E-state index contributed by atoms with van der Waals surface area (Å²) < 4.78 is 18.8. The Morgan fingerprint density at radius 3 is 2.38 bits per heavy atom. The second kappa shape index (κ2) is 9.51. The molecule has 1 heterocycles. The number of furan rings is 1. The molecule has 0 radical (unpaired) electrons. The lowest BCUT2D eigenvalue weighted by molar-refractivity contribution is -0.133. The van der Waals surface area contributed by atoms with E-state index in [2.05, 4.69) is 0 Å². The number of rotatable bonds is 8. The molecule has 0 spiro atoms. The lowest BCUT2D eigenvalue weighted by Crippen LogP contribution is -2.43. The van der Waals surface area contributed by atoms with E-state index in [4.69, 9.17) is 4.42 Å². The second-order valence-corrected chi connectivity index (χ2v) is 8.65. The first-order chi connectivity index (χ1) is 16.6. The Labute approximate surface area is 197 Å². The number of fused-ring (bicyclic) bond motifs is 1. The van der Waals surface area contributed by atoms with Crippen molar-refractivity contribution >= 4 is 22.6 Å². The minimum atomic E-state index is -0.326. The van der Waals surface area contributed by atoms with Gasteiger partial charge >= 0.3 is 0 Å². The van der Waals surface area contributed by atoms with Gasteiger partial charge in [-0.15, -0.1) is 0 Å². The fourth-order valence-corrected chi connectivity index (χ4v) is 4.20. The van der Waals surface area contributed by atoms with Gasteiger partial charge in [0.1, 0.15) is 18.1 Å². The molecular formula is C28H25FN2O3. The molecule has 2 amide bonds. The summed E-state index contributed by atoms with van der Waals surface area (Å²) in [5.41, 5.74) is 1.41. The zero-order valence-corrected chi connectivity index (χ0v) is 18.7. The van der Waals surface area contributed by atoms with E-state index >= 15 is 0 Å². The summed E-state index contributed by atoms with van der Waals surface area (Å²) in [5.74, 6) is 0.00987. The van der Waals surface area contributed by atoms with Crippen LogP contribution in [-0.2, 0) is 17.9 Å². The highest BCUT2D eigenvalue weighted by molar-refractivity contribution is 6.08. The zero-order valence-electron chi connectivity index (χ0n) is 18.7. The highest BCUT2D eigenvalue weighted by Crippen LogP contribution is 2.30. The molecule has 1 aliphatic rings. The van der Waals surface area contributed by atoms with Gasteiger partial charge in [-0.25, -0.2) is 4.39 Å². The molecule has 1 fully saturated rings. The molecule has 1 aliphatic carbocycles. The normalized spacial score (nSPS) is 13.1. The minimum Gasteiger partial charge on any atom is -0.467 e. The van der Waals surface area contributed by atoms with Crippen molar-refractivity contribution in [2.75, 3.05) is 6.54 Å². The average molecular weight is 457 g/mol. The number of hydrogen-bond acceptors (Lipinski definition) is 3.